The smallest absolute Gasteiger partial charge is 0.239 e. The van der Waals surface area contributed by atoms with Crippen molar-refractivity contribution in [2.75, 3.05) is 32.7 Å². The molecule has 2 fully saturated rings. The molecular formula is C19H27N3O3. The Hall–Kier alpha value is -1.92. The predicted octanol–water partition coefficient (Wildman–Crippen LogP) is 0.403. The molecule has 2 saturated heterocycles. The van der Waals surface area contributed by atoms with E-state index in [9.17, 15) is 14.7 Å². The van der Waals surface area contributed by atoms with Crippen LogP contribution < -0.4 is 5.32 Å². The second-order valence-electron chi connectivity index (χ2n) is 6.90. The summed E-state index contributed by atoms with van der Waals surface area (Å²) in [6.45, 7) is 3.03. The highest BCUT2D eigenvalue weighted by atomic mass is 16.3. The molecule has 2 amide bonds. The van der Waals surface area contributed by atoms with Crippen molar-refractivity contribution in [2.45, 2.75) is 37.8 Å². The summed E-state index contributed by atoms with van der Waals surface area (Å²) in [4.78, 5) is 28.7. The van der Waals surface area contributed by atoms with Crippen molar-refractivity contribution in [1.82, 2.24) is 15.1 Å². The van der Waals surface area contributed by atoms with Gasteiger partial charge in [0, 0.05) is 39.1 Å². The van der Waals surface area contributed by atoms with Gasteiger partial charge in [0.05, 0.1) is 12.1 Å². The fourth-order valence-electron chi connectivity index (χ4n) is 3.57. The first kappa shape index (κ1) is 17.9. The fraction of sp³-hybridized carbons (Fsp3) is 0.579. The molecule has 2 heterocycles. The van der Waals surface area contributed by atoms with Crippen LogP contribution in [0.2, 0.25) is 0 Å². The van der Waals surface area contributed by atoms with Crippen LogP contribution >= 0.6 is 0 Å². The Kier molecular flexibility index (Phi) is 6.04. The Morgan fingerprint density at radius 2 is 1.80 bits per heavy atom. The summed E-state index contributed by atoms with van der Waals surface area (Å²) in [5.41, 5.74) is 1.17. The fourth-order valence-corrected chi connectivity index (χ4v) is 3.57. The van der Waals surface area contributed by atoms with Gasteiger partial charge in [0.25, 0.3) is 0 Å². The Morgan fingerprint density at radius 3 is 2.52 bits per heavy atom. The number of aryl methyl sites for hydroxylation is 1. The molecule has 2 N–H and O–H groups in total. The summed E-state index contributed by atoms with van der Waals surface area (Å²) in [7, 11) is 0. The molecule has 3 rings (SSSR count). The summed E-state index contributed by atoms with van der Waals surface area (Å²) in [5, 5.41) is 12.7. The van der Waals surface area contributed by atoms with E-state index < -0.39 is 6.10 Å². The first-order valence-electron chi connectivity index (χ1n) is 9.15. The SMILES string of the molecule is O=C(CCc1ccccc1)N1CCCN(C(=O)C2CC(O)CN2)CC1. The Morgan fingerprint density at radius 1 is 1.08 bits per heavy atom. The van der Waals surface area contributed by atoms with Gasteiger partial charge in [-0.05, 0) is 24.8 Å². The van der Waals surface area contributed by atoms with Gasteiger partial charge >= 0.3 is 0 Å². The van der Waals surface area contributed by atoms with Crippen LogP contribution in [0.15, 0.2) is 30.3 Å². The van der Waals surface area contributed by atoms with Gasteiger partial charge in [-0.15, -0.1) is 0 Å². The van der Waals surface area contributed by atoms with Crippen LogP contribution in [0.1, 0.15) is 24.8 Å². The molecule has 0 bridgehead atoms. The standard InChI is InChI=1S/C19H27N3O3/c23-16-13-17(20-14-16)19(25)22-10-4-9-21(11-12-22)18(24)8-7-15-5-2-1-3-6-15/h1-3,5-6,16-17,20,23H,4,7-14H2. The Balaban J connectivity index is 1.47. The minimum atomic E-state index is -0.433. The molecule has 2 aliphatic heterocycles. The Labute approximate surface area is 148 Å². The van der Waals surface area contributed by atoms with E-state index in [1.807, 2.05) is 40.1 Å². The van der Waals surface area contributed by atoms with Gasteiger partial charge in [-0.25, -0.2) is 0 Å². The number of hydrogen-bond donors (Lipinski definition) is 2. The minimum Gasteiger partial charge on any atom is -0.392 e. The van der Waals surface area contributed by atoms with E-state index in [2.05, 4.69) is 5.32 Å². The van der Waals surface area contributed by atoms with Gasteiger partial charge in [-0.1, -0.05) is 30.3 Å². The van der Waals surface area contributed by atoms with Gasteiger partial charge in [0.1, 0.15) is 0 Å². The van der Waals surface area contributed by atoms with Crippen LogP contribution in [0.25, 0.3) is 0 Å². The number of amides is 2. The Bertz CT molecular complexity index is 593. The monoisotopic (exact) mass is 345 g/mol. The van der Waals surface area contributed by atoms with E-state index in [4.69, 9.17) is 0 Å². The largest absolute Gasteiger partial charge is 0.392 e. The normalized spacial score (nSPS) is 24.2. The zero-order valence-electron chi connectivity index (χ0n) is 14.6. The lowest BCUT2D eigenvalue weighted by Gasteiger charge is -2.24. The van der Waals surface area contributed by atoms with Crippen molar-refractivity contribution < 1.29 is 14.7 Å². The molecule has 0 aromatic heterocycles. The minimum absolute atomic E-state index is 0.0511. The average molecular weight is 345 g/mol. The summed E-state index contributed by atoms with van der Waals surface area (Å²) >= 11 is 0. The first-order valence-corrected chi connectivity index (χ1v) is 9.15. The van der Waals surface area contributed by atoms with Crippen molar-refractivity contribution in [3.8, 4) is 0 Å². The number of β-amino-alcohol motifs (C(OH)–C–C–N with tert-alkyl or cyclic N) is 1. The average Bonchev–Trinajstić information content (AvgIpc) is 2.92. The van der Waals surface area contributed by atoms with Crippen LogP contribution in [0.3, 0.4) is 0 Å². The summed E-state index contributed by atoms with van der Waals surface area (Å²) in [6, 6.07) is 9.75. The second kappa shape index (κ2) is 8.45. The van der Waals surface area contributed by atoms with Crippen LogP contribution in [-0.2, 0) is 16.0 Å². The van der Waals surface area contributed by atoms with Crippen LogP contribution in [0.5, 0.6) is 0 Å². The number of rotatable bonds is 4. The summed E-state index contributed by atoms with van der Waals surface area (Å²) in [6.07, 6.45) is 2.11. The van der Waals surface area contributed by atoms with E-state index in [0.717, 1.165) is 12.8 Å². The lowest BCUT2D eigenvalue weighted by Crippen LogP contribution is -2.45. The molecule has 1 aromatic carbocycles. The third kappa shape index (κ3) is 4.80. The van der Waals surface area contributed by atoms with E-state index in [1.165, 1.54) is 5.56 Å². The molecule has 136 valence electrons. The van der Waals surface area contributed by atoms with Crippen molar-refractivity contribution in [3.05, 3.63) is 35.9 Å². The number of nitrogens with zero attached hydrogens (tertiary/aromatic N) is 2. The maximum atomic E-state index is 12.5. The maximum Gasteiger partial charge on any atom is 0.239 e. The topological polar surface area (TPSA) is 72.9 Å². The van der Waals surface area contributed by atoms with Crippen molar-refractivity contribution in [1.29, 1.82) is 0 Å². The quantitative estimate of drug-likeness (QED) is 0.829. The molecule has 0 saturated carbocycles. The number of benzene rings is 1. The van der Waals surface area contributed by atoms with Gasteiger partial charge in [0.2, 0.25) is 11.8 Å². The number of nitrogens with one attached hydrogen (secondary N) is 1. The highest BCUT2D eigenvalue weighted by Crippen LogP contribution is 2.13. The van der Waals surface area contributed by atoms with Gasteiger partial charge in [-0.3, -0.25) is 9.59 Å². The van der Waals surface area contributed by atoms with Crippen LogP contribution in [0.4, 0.5) is 0 Å². The molecule has 1 aromatic rings. The highest BCUT2D eigenvalue weighted by molar-refractivity contribution is 5.82. The van der Waals surface area contributed by atoms with E-state index >= 15 is 0 Å². The number of hydrogen-bond acceptors (Lipinski definition) is 4. The molecule has 2 unspecified atom stereocenters. The summed E-state index contributed by atoms with van der Waals surface area (Å²) < 4.78 is 0. The molecule has 2 atom stereocenters. The van der Waals surface area contributed by atoms with Crippen LogP contribution in [-0.4, -0.2) is 71.6 Å². The lowest BCUT2D eigenvalue weighted by molar-refractivity contribution is -0.134. The molecule has 0 spiro atoms. The predicted molar refractivity (Wildman–Crippen MR) is 95.0 cm³/mol. The highest BCUT2D eigenvalue weighted by Gasteiger charge is 2.32. The van der Waals surface area contributed by atoms with Gasteiger partial charge < -0.3 is 20.2 Å². The molecule has 2 aliphatic rings. The third-order valence-electron chi connectivity index (χ3n) is 5.04. The van der Waals surface area contributed by atoms with Gasteiger partial charge in [-0.2, -0.15) is 0 Å². The van der Waals surface area contributed by atoms with E-state index in [0.29, 0.717) is 45.6 Å². The number of aliphatic hydroxyl groups is 1. The molecule has 0 radical (unpaired) electrons. The molecule has 6 nitrogen and oxygen atoms in total. The maximum absolute atomic E-state index is 12.5. The van der Waals surface area contributed by atoms with Crippen LogP contribution in [0, 0.1) is 0 Å². The zero-order chi connectivity index (χ0) is 17.6. The number of carbonyl (C=O) groups excluding carboxylic acids is 2. The molecular weight excluding hydrogens is 318 g/mol. The second-order valence-corrected chi connectivity index (χ2v) is 6.90. The molecule has 0 aliphatic carbocycles. The van der Waals surface area contributed by atoms with Crippen molar-refractivity contribution >= 4 is 11.8 Å². The zero-order valence-corrected chi connectivity index (χ0v) is 14.6. The number of carbonyl (C=O) groups is 2. The molecule has 6 heteroatoms. The number of aliphatic hydroxyl groups excluding tert-OH is 1. The first-order chi connectivity index (χ1) is 12.1. The van der Waals surface area contributed by atoms with Crippen molar-refractivity contribution in [3.63, 3.8) is 0 Å². The molecule has 25 heavy (non-hydrogen) atoms. The van der Waals surface area contributed by atoms with Crippen molar-refractivity contribution in [2.24, 2.45) is 0 Å². The third-order valence-corrected chi connectivity index (χ3v) is 5.04. The summed E-state index contributed by atoms with van der Waals surface area (Å²) in [5.74, 6) is 0.211. The lowest BCUT2D eigenvalue weighted by atomic mass is 10.1. The van der Waals surface area contributed by atoms with Gasteiger partial charge in [0.15, 0.2) is 0 Å². The van der Waals surface area contributed by atoms with E-state index in [1.54, 1.807) is 0 Å². The van der Waals surface area contributed by atoms with E-state index in [-0.39, 0.29) is 17.9 Å².